The summed E-state index contributed by atoms with van der Waals surface area (Å²) in [5, 5.41) is 9.07. The van der Waals surface area contributed by atoms with Crippen LogP contribution in [-0.2, 0) is 0 Å². The van der Waals surface area contributed by atoms with Gasteiger partial charge in [0.1, 0.15) is 22.4 Å². The van der Waals surface area contributed by atoms with E-state index in [0.717, 1.165) is 36.2 Å². The van der Waals surface area contributed by atoms with Crippen molar-refractivity contribution in [3.63, 3.8) is 0 Å². The first-order valence-corrected chi connectivity index (χ1v) is 6.13. The van der Waals surface area contributed by atoms with E-state index >= 15 is 0 Å². The molecular weight excluding hydrogens is 272 g/mol. The average Bonchev–Trinajstić information content (AvgIpc) is 2.33. The van der Waals surface area contributed by atoms with Crippen LogP contribution in [0.4, 0.5) is 11.6 Å². The molecule has 16 heavy (non-hydrogen) atoms. The molecule has 3 N–H and O–H groups in total. The third-order valence-corrected chi connectivity index (χ3v) is 3.73. The van der Waals surface area contributed by atoms with Crippen LogP contribution >= 0.6 is 15.9 Å². The molecule has 6 heteroatoms. The molecule has 1 aromatic rings. The number of nitrogen functional groups attached to an aromatic ring is 1. The van der Waals surface area contributed by atoms with Crippen molar-refractivity contribution < 1.29 is 5.11 Å². The van der Waals surface area contributed by atoms with Crippen molar-refractivity contribution in [3.8, 4) is 0 Å². The third kappa shape index (κ3) is 2.27. The highest BCUT2D eigenvalue weighted by atomic mass is 79.9. The lowest BCUT2D eigenvalue weighted by Crippen LogP contribution is -2.35. The Bertz CT molecular complexity index is 366. The van der Waals surface area contributed by atoms with E-state index < -0.39 is 0 Å². The lowest BCUT2D eigenvalue weighted by Gasteiger charge is -2.32. The van der Waals surface area contributed by atoms with Crippen molar-refractivity contribution in [1.29, 1.82) is 0 Å². The molecule has 0 unspecified atom stereocenters. The van der Waals surface area contributed by atoms with E-state index in [4.69, 9.17) is 10.8 Å². The minimum atomic E-state index is 0.279. The number of aliphatic hydroxyl groups is 1. The minimum absolute atomic E-state index is 0.279. The molecule has 0 saturated carbocycles. The summed E-state index contributed by atoms with van der Waals surface area (Å²) < 4.78 is 0.762. The molecule has 0 amide bonds. The van der Waals surface area contributed by atoms with Crippen molar-refractivity contribution in [2.75, 3.05) is 30.3 Å². The van der Waals surface area contributed by atoms with Gasteiger partial charge in [-0.15, -0.1) is 0 Å². The highest BCUT2D eigenvalue weighted by Crippen LogP contribution is 2.30. The maximum Gasteiger partial charge on any atom is 0.148 e. The highest BCUT2D eigenvalue weighted by molar-refractivity contribution is 9.10. The Morgan fingerprint density at radius 3 is 2.75 bits per heavy atom. The number of rotatable bonds is 2. The Morgan fingerprint density at radius 1 is 1.44 bits per heavy atom. The summed E-state index contributed by atoms with van der Waals surface area (Å²) in [6.45, 7) is 2.08. The van der Waals surface area contributed by atoms with Crippen LogP contribution in [0.25, 0.3) is 0 Å². The number of anilines is 2. The maximum absolute atomic E-state index is 9.07. The van der Waals surface area contributed by atoms with Crippen LogP contribution in [0, 0.1) is 5.92 Å². The van der Waals surface area contributed by atoms with E-state index in [1.165, 1.54) is 6.33 Å². The average molecular weight is 287 g/mol. The second-order valence-electron chi connectivity index (χ2n) is 4.01. The molecule has 0 aromatic carbocycles. The van der Waals surface area contributed by atoms with Crippen LogP contribution in [0.2, 0.25) is 0 Å². The summed E-state index contributed by atoms with van der Waals surface area (Å²) in [5.41, 5.74) is 5.72. The molecule has 1 fully saturated rings. The zero-order chi connectivity index (χ0) is 11.5. The predicted octanol–water partition coefficient (Wildman–Crippen LogP) is 1.03. The van der Waals surface area contributed by atoms with E-state index in [2.05, 4.69) is 30.8 Å². The maximum atomic E-state index is 9.07. The number of halogens is 1. The van der Waals surface area contributed by atoms with Crippen LogP contribution in [0.5, 0.6) is 0 Å². The van der Waals surface area contributed by atoms with Gasteiger partial charge < -0.3 is 15.7 Å². The van der Waals surface area contributed by atoms with Gasteiger partial charge in [-0.05, 0) is 34.7 Å². The quantitative estimate of drug-likeness (QED) is 0.849. The van der Waals surface area contributed by atoms with E-state index in [0.29, 0.717) is 11.7 Å². The van der Waals surface area contributed by atoms with Gasteiger partial charge in [0.15, 0.2) is 0 Å². The Balaban J connectivity index is 2.11. The van der Waals surface area contributed by atoms with Gasteiger partial charge in [0.25, 0.3) is 0 Å². The van der Waals surface area contributed by atoms with Gasteiger partial charge in [0.2, 0.25) is 0 Å². The van der Waals surface area contributed by atoms with Gasteiger partial charge in [0.05, 0.1) is 0 Å². The second kappa shape index (κ2) is 4.97. The first-order valence-electron chi connectivity index (χ1n) is 5.34. The molecule has 1 aliphatic heterocycles. The molecule has 2 rings (SSSR count). The molecule has 1 saturated heterocycles. The number of aliphatic hydroxyl groups excluding tert-OH is 1. The van der Waals surface area contributed by atoms with Crippen molar-refractivity contribution in [2.45, 2.75) is 12.8 Å². The number of aromatic nitrogens is 2. The summed E-state index contributed by atoms with van der Waals surface area (Å²) in [5.74, 6) is 1.74. The van der Waals surface area contributed by atoms with E-state index in [-0.39, 0.29) is 6.61 Å². The summed E-state index contributed by atoms with van der Waals surface area (Å²) in [4.78, 5) is 10.3. The molecule has 0 radical (unpaired) electrons. The normalized spacial score (nSPS) is 17.8. The fourth-order valence-electron chi connectivity index (χ4n) is 1.92. The summed E-state index contributed by atoms with van der Waals surface area (Å²) in [6.07, 6.45) is 3.47. The minimum Gasteiger partial charge on any atom is -0.396 e. The first kappa shape index (κ1) is 11.6. The second-order valence-corrected chi connectivity index (χ2v) is 4.80. The largest absolute Gasteiger partial charge is 0.396 e. The first-order chi connectivity index (χ1) is 7.72. The van der Waals surface area contributed by atoms with Crippen molar-refractivity contribution in [2.24, 2.45) is 5.92 Å². The van der Waals surface area contributed by atoms with E-state index in [1.807, 2.05) is 0 Å². The highest BCUT2D eigenvalue weighted by Gasteiger charge is 2.21. The molecule has 0 atom stereocenters. The van der Waals surface area contributed by atoms with Crippen LogP contribution in [0.1, 0.15) is 12.8 Å². The van der Waals surface area contributed by atoms with Gasteiger partial charge in [-0.25, -0.2) is 9.97 Å². The molecule has 0 bridgehead atoms. The summed E-state index contributed by atoms with van der Waals surface area (Å²) in [6, 6.07) is 0. The van der Waals surface area contributed by atoms with Gasteiger partial charge in [-0.3, -0.25) is 0 Å². The van der Waals surface area contributed by atoms with E-state index in [1.54, 1.807) is 0 Å². The van der Waals surface area contributed by atoms with Gasteiger partial charge in [-0.1, -0.05) is 0 Å². The number of nitrogens with zero attached hydrogens (tertiary/aromatic N) is 3. The molecule has 2 heterocycles. The molecule has 0 spiro atoms. The zero-order valence-corrected chi connectivity index (χ0v) is 10.5. The molecule has 0 aliphatic carbocycles. The SMILES string of the molecule is Nc1ncnc(N2CCC(CO)CC2)c1Br. The van der Waals surface area contributed by atoms with Gasteiger partial charge in [0, 0.05) is 19.7 Å². The van der Waals surface area contributed by atoms with Crippen molar-refractivity contribution in [3.05, 3.63) is 10.8 Å². The molecule has 5 nitrogen and oxygen atoms in total. The van der Waals surface area contributed by atoms with Crippen LogP contribution in [0.3, 0.4) is 0 Å². The molecule has 1 aliphatic rings. The third-order valence-electron chi connectivity index (χ3n) is 2.97. The number of hydrogen-bond donors (Lipinski definition) is 2. The monoisotopic (exact) mass is 286 g/mol. The topological polar surface area (TPSA) is 75.3 Å². The van der Waals surface area contributed by atoms with Gasteiger partial charge >= 0.3 is 0 Å². The fourth-order valence-corrected chi connectivity index (χ4v) is 2.38. The smallest absolute Gasteiger partial charge is 0.148 e. The number of hydrogen-bond acceptors (Lipinski definition) is 5. The Kier molecular flexibility index (Phi) is 3.60. The lowest BCUT2D eigenvalue weighted by molar-refractivity contribution is 0.202. The van der Waals surface area contributed by atoms with Crippen LogP contribution < -0.4 is 10.6 Å². The predicted molar refractivity (Wildman–Crippen MR) is 66.2 cm³/mol. The van der Waals surface area contributed by atoms with Crippen molar-refractivity contribution in [1.82, 2.24) is 9.97 Å². The Hall–Kier alpha value is -0.880. The Morgan fingerprint density at radius 2 is 2.12 bits per heavy atom. The lowest BCUT2D eigenvalue weighted by atomic mass is 9.98. The zero-order valence-electron chi connectivity index (χ0n) is 8.93. The number of piperidine rings is 1. The summed E-state index contributed by atoms with van der Waals surface area (Å²) in [7, 11) is 0. The van der Waals surface area contributed by atoms with E-state index in [9.17, 15) is 0 Å². The molecule has 88 valence electrons. The fraction of sp³-hybridized carbons (Fsp3) is 0.600. The van der Waals surface area contributed by atoms with Crippen LogP contribution in [-0.4, -0.2) is 34.8 Å². The molecular formula is C10H15BrN4O. The number of nitrogens with two attached hydrogens (primary N) is 1. The van der Waals surface area contributed by atoms with Crippen LogP contribution in [0.15, 0.2) is 10.8 Å². The summed E-state index contributed by atoms with van der Waals surface area (Å²) >= 11 is 3.41. The van der Waals surface area contributed by atoms with Crippen molar-refractivity contribution >= 4 is 27.6 Å². The standard InChI is InChI=1S/C10H15BrN4O/c11-8-9(12)13-6-14-10(8)15-3-1-7(5-16)2-4-15/h6-7,16H,1-5H2,(H2,12,13,14). The Labute approximate surface area is 103 Å². The van der Waals surface area contributed by atoms with Gasteiger partial charge in [-0.2, -0.15) is 0 Å². The molecule has 1 aromatic heterocycles.